The summed E-state index contributed by atoms with van der Waals surface area (Å²) < 4.78 is 3.54. The van der Waals surface area contributed by atoms with E-state index in [1.54, 1.807) is 10.9 Å². The van der Waals surface area contributed by atoms with Crippen LogP contribution in [-0.2, 0) is 7.05 Å². The molecule has 26 heavy (non-hydrogen) atoms. The molecule has 0 bridgehead atoms. The van der Waals surface area contributed by atoms with Crippen molar-refractivity contribution in [1.29, 1.82) is 0 Å². The molecule has 2 aromatic heterocycles. The van der Waals surface area contributed by atoms with Gasteiger partial charge in [-0.3, -0.25) is 9.13 Å². The van der Waals surface area contributed by atoms with Gasteiger partial charge >= 0.3 is 5.69 Å². The predicted molar refractivity (Wildman–Crippen MR) is 105 cm³/mol. The lowest BCUT2D eigenvalue weighted by Gasteiger charge is -2.09. The second-order valence-electron chi connectivity index (χ2n) is 7.00. The molecule has 0 saturated heterocycles. The quantitative estimate of drug-likeness (QED) is 0.602. The number of aromatic nitrogens is 4. The topological polar surface area (TPSA) is 55.6 Å². The fourth-order valence-corrected chi connectivity index (χ4v) is 3.55. The summed E-state index contributed by atoms with van der Waals surface area (Å²) in [5.74, 6) is 0. The van der Waals surface area contributed by atoms with Crippen molar-refractivity contribution in [3.8, 4) is 22.5 Å². The molecular weight excluding hydrogens is 324 g/mol. The number of benzene rings is 2. The summed E-state index contributed by atoms with van der Waals surface area (Å²) in [5, 5.41) is 0. The van der Waals surface area contributed by atoms with Gasteiger partial charge in [-0.25, -0.2) is 9.78 Å². The summed E-state index contributed by atoms with van der Waals surface area (Å²) in [6, 6.07) is 14.5. The Morgan fingerprint density at radius 2 is 1.85 bits per heavy atom. The molecule has 4 aromatic rings. The number of hydrogen-bond donors (Lipinski definition) is 1. The van der Waals surface area contributed by atoms with Crippen LogP contribution in [0.25, 0.3) is 33.5 Å². The van der Waals surface area contributed by atoms with Crippen LogP contribution in [0.3, 0.4) is 0 Å². The number of rotatable bonds is 3. The van der Waals surface area contributed by atoms with Crippen LogP contribution in [0.5, 0.6) is 0 Å². The normalized spacial score (nSPS) is 11.6. The maximum Gasteiger partial charge on any atom is 0.329 e. The van der Waals surface area contributed by atoms with Crippen LogP contribution >= 0.6 is 0 Å². The van der Waals surface area contributed by atoms with E-state index in [0.29, 0.717) is 0 Å². The zero-order chi connectivity index (χ0) is 18.4. The van der Waals surface area contributed by atoms with Gasteiger partial charge < -0.3 is 4.98 Å². The zero-order valence-electron chi connectivity index (χ0n) is 15.4. The molecule has 0 fully saturated rings. The van der Waals surface area contributed by atoms with E-state index in [4.69, 9.17) is 0 Å². The Bertz CT molecular complexity index is 1160. The third kappa shape index (κ3) is 2.47. The van der Waals surface area contributed by atoms with Gasteiger partial charge in [0.05, 0.1) is 28.7 Å². The highest BCUT2D eigenvalue weighted by atomic mass is 16.1. The molecule has 0 amide bonds. The van der Waals surface area contributed by atoms with Crippen molar-refractivity contribution in [1.82, 2.24) is 19.1 Å². The summed E-state index contributed by atoms with van der Waals surface area (Å²) in [6.07, 6.45) is 1.72. The molecule has 0 atom stereocenters. The van der Waals surface area contributed by atoms with Gasteiger partial charge in [0.15, 0.2) is 0 Å². The van der Waals surface area contributed by atoms with E-state index < -0.39 is 0 Å². The van der Waals surface area contributed by atoms with Crippen molar-refractivity contribution >= 4 is 11.0 Å². The smallest absolute Gasteiger partial charge is 0.329 e. The largest absolute Gasteiger partial charge is 0.344 e. The van der Waals surface area contributed by atoms with Crippen molar-refractivity contribution in [2.24, 2.45) is 7.05 Å². The standard InChI is InChI=1S/C21H22N4O/c1-13(2)25-18-11-16(8-9-17(18)24(4)21(25)26)20-19(22-12-23-20)15-7-5-6-14(3)10-15/h5-13H,1-4H3,(H,22,23). The van der Waals surface area contributed by atoms with E-state index in [2.05, 4.69) is 41.2 Å². The second-order valence-corrected chi connectivity index (χ2v) is 7.00. The van der Waals surface area contributed by atoms with E-state index >= 15 is 0 Å². The van der Waals surface area contributed by atoms with Crippen molar-refractivity contribution < 1.29 is 0 Å². The molecule has 0 unspecified atom stereocenters. The SMILES string of the molecule is Cc1cccc(-c2nc[nH]c2-c2ccc3c(c2)n(C(C)C)c(=O)n3C)c1. The van der Waals surface area contributed by atoms with Gasteiger partial charge in [-0.1, -0.05) is 29.8 Å². The predicted octanol–water partition coefficient (Wildman–Crippen LogP) is 4.29. The van der Waals surface area contributed by atoms with Crippen LogP contribution in [0.1, 0.15) is 25.5 Å². The van der Waals surface area contributed by atoms with Gasteiger partial charge in [-0.15, -0.1) is 0 Å². The molecule has 5 heteroatoms. The highest BCUT2D eigenvalue weighted by Crippen LogP contribution is 2.31. The summed E-state index contributed by atoms with van der Waals surface area (Å²) in [6.45, 7) is 6.14. The minimum absolute atomic E-state index is 0.00988. The second kappa shape index (κ2) is 6.02. The number of nitrogens with zero attached hydrogens (tertiary/aromatic N) is 3. The van der Waals surface area contributed by atoms with E-state index in [-0.39, 0.29) is 11.7 Å². The summed E-state index contributed by atoms with van der Waals surface area (Å²) in [5.41, 5.74) is 7.06. The highest BCUT2D eigenvalue weighted by Gasteiger charge is 2.16. The van der Waals surface area contributed by atoms with Crippen molar-refractivity contribution in [3.63, 3.8) is 0 Å². The third-order valence-corrected chi connectivity index (χ3v) is 4.83. The molecule has 0 spiro atoms. The lowest BCUT2D eigenvalue weighted by atomic mass is 10.0. The average molecular weight is 346 g/mol. The van der Waals surface area contributed by atoms with Crippen LogP contribution in [0.4, 0.5) is 0 Å². The van der Waals surface area contributed by atoms with Crippen LogP contribution in [0.15, 0.2) is 53.6 Å². The molecule has 0 saturated carbocycles. The zero-order valence-corrected chi connectivity index (χ0v) is 15.4. The van der Waals surface area contributed by atoms with Crippen LogP contribution in [0.2, 0.25) is 0 Å². The molecule has 4 rings (SSSR count). The summed E-state index contributed by atoms with van der Waals surface area (Å²) in [7, 11) is 1.82. The van der Waals surface area contributed by atoms with Gasteiger partial charge in [0.1, 0.15) is 0 Å². The Labute approximate surface area is 151 Å². The fraction of sp³-hybridized carbons (Fsp3) is 0.238. The Balaban J connectivity index is 1.93. The number of H-pyrrole nitrogens is 1. The van der Waals surface area contributed by atoms with Gasteiger partial charge in [-0.2, -0.15) is 0 Å². The third-order valence-electron chi connectivity index (χ3n) is 4.83. The van der Waals surface area contributed by atoms with Crippen LogP contribution in [-0.4, -0.2) is 19.1 Å². The average Bonchev–Trinajstić information content (AvgIpc) is 3.19. The van der Waals surface area contributed by atoms with Crippen LogP contribution in [0, 0.1) is 6.92 Å². The molecular formula is C21H22N4O. The fourth-order valence-electron chi connectivity index (χ4n) is 3.55. The Morgan fingerprint density at radius 3 is 2.58 bits per heavy atom. The molecule has 0 aliphatic carbocycles. The van der Waals surface area contributed by atoms with E-state index in [1.165, 1.54) is 5.56 Å². The van der Waals surface area contributed by atoms with E-state index in [9.17, 15) is 4.79 Å². The Morgan fingerprint density at radius 1 is 1.04 bits per heavy atom. The summed E-state index contributed by atoms with van der Waals surface area (Å²) >= 11 is 0. The minimum Gasteiger partial charge on any atom is -0.344 e. The lowest BCUT2D eigenvalue weighted by Crippen LogP contribution is -2.23. The first kappa shape index (κ1) is 16.4. The summed E-state index contributed by atoms with van der Waals surface area (Å²) in [4.78, 5) is 20.4. The first-order valence-corrected chi connectivity index (χ1v) is 8.79. The Kier molecular flexibility index (Phi) is 3.80. The molecule has 0 radical (unpaired) electrons. The van der Waals surface area contributed by atoms with E-state index in [1.807, 2.05) is 43.7 Å². The van der Waals surface area contributed by atoms with Gasteiger partial charge in [0.2, 0.25) is 0 Å². The van der Waals surface area contributed by atoms with Crippen molar-refractivity contribution in [2.75, 3.05) is 0 Å². The minimum atomic E-state index is 0.00988. The highest BCUT2D eigenvalue weighted by molar-refractivity contribution is 5.86. The number of fused-ring (bicyclic) bond motifs is 1. The molecule has 5 nitrogen and oxygen atoms in total. The number of imidazole rings is 2. The maximum atomic E-state index is 12.6. The Hall–Kier alpha value is -3.08. The van der Waals surface area contributed by atoms with Gasteiger partial charge in [0.25, 0.3) is 0 Å². The van der Waals surface area contributed by atoms with Gasteiger partial charge in [-0.05, 0) is 39.0 Å². The molecule has 1 N–H and O–H groups in total. The monoisotopic (exact) mass is 346 g/mol. The van der Waals surface area contributed by atoms with Crippen molar-refractivity contribution in [2.45, 2.75) is 26.8 Å². The molecule has 2 heterocycles. The molecule has 2 aromatic carbocycles. The van der Waals surface area contributed by atoms with E-state index in [0.717, 1.165) is 33.5 Å². The first-order valence-electron chi connectivity index (χ1n) is 8.79. The first-order chi connectivity index (χ1) is 12.5. The number of hydrogen-bond acceptors (Lipinski definition) is 2. The number of nitrogens with one attached hydrogen (secondary N) is 1. The molecule has 132 valence electrons. The number of aromatic amines is 1. The van der Waals surface area contributed by atoms with Gasteiger partial charge in [0, 0.05) is 24.2 Å². The molecule has 0 aliphatic rings. The lowest BCUT2D eigenvalue weighted by molar-refractivity contribution is 0.583. The number of aryl methyl sites for hydroxylation is 2. The maximum absolute atomic E-state index is 12.6. The molecule has 0 aliphatic heterocycles. The van der Waals surface area contributed by atoms with Crippen molar-refractivity contribution in [3.05, 3.63) is 64.8 Å². The van der Waals surface area contributed by atoms with Crippen LogP contribution < -0.4 is 5.69 Å².